The van der Waals surface area contributed by atoms with Gasteiger partial charge in [-0.15, -0.1) is 0 Å². The van der Waals surface area contributed by atoms with E-state index in [0.29, 0.717) is 5.91 Å². The van der Waals surface area contributed by atoms with E-state index in [2.05, 4.69) is 11.8 Å². The minimum atomic E-state index is 0.371. The molecule has 3 nitrogen and oxygen atoms in total. The maximum atomic E-state index is 11.9. The van der Waals surface area contributed by atoms with E-state index >= 15 is 0 Å². The number of piperidine rings is 1. The molecule has 0 bridgehead atoms. The fourth-order valence-electron chi connectivity index (χ4n) is 2.66. The Morgan fingerprint density at radius 3 is 2.38 bits per heavy atom. The molecule has 0 aromatic carbocycles. The van der Waals surface area contributed by atoms with E-state index < -0.39 is 0 Å². The van der Waals surface area contributed by atoms with Gasteiger partial charge >= 0.3 is 0 Å². The first kappa shape index (κ1) is 11.9. The zero-order valence-electron chi connectivity index (χ0n) is 10.5. The SMILES string of the molecule is CC1CCN(CCC(=O)N2CCCC2)CC1. The van der Waals surface area contributed by atoms with Crippen LogP contribution in [0.5, 0.6) is 0 Å². The van der Waals surface area contributed by atoms with Gasteiger partial charge in [0, 0.05) is 26.1 Å². The predicted molar refractivity (Wildman–Crippen MR) is 65.3 cm³/mol. The first-order valence-corrected chi connectivity index (χ1v) is 6.76. The lowest BCUT2D eigenvalue weighted by Gasteiger charge is -2.30. The van der Waals surface area contributed by atoms with E-state index in [4.69, 9.17) is 0 Å². The number of likely N-dealkylation sites (tertiary alicyclic amines) is 2. The summed E-state index contributed by atoms with van der Waals surface area (Å²) in [5.41, 5.74) is 0. The second-order valence-electron chi connectivity index (χ2n) is 5.36. The average molecular weight is 224 g/mol. The first-order valence-electron chi connectivity index (χ1n) is 6.76. The molecule has 1 amide bonds. The first-order chi connectivity index (χ1) is 7.75. The Hall–Kier alpha value is -0.570. The van der Waals surface area contributed by atoms with Crippen LogP contribution in [-0.2, 0) is 4.79 Å². The minimum Gasteiger partial charge on any atom is -0.343 e. The van der Waals surface area contributed by atoms with Crippen LogP contribution in [0.25, 0.3) is 0 Å². The van der Waals surface area contributed by atoms with Crippen molar-refractivity contribution >= 4 is 5.91 Å². The highest BCUT2D eigenvalue weighted by atomic mass is 16.2. The van der Waals surface area contributed by atoms with Crippen LogP contribution >= 0.6 is 0 Å². The molecule has 0 radical (unpaired) electrons. The van der Waals surface area contributed by atoms with Gasteiger partial charge in [0.1, 0.15) is 0 Å². The number of hydrogen-bond donors (Lipinski definition) is 0. The second-order valence-corrected chi connectivity index (χ2v) is 5.36. The molecular weight excluding hydrogens is 200 g/mol. The molecule has 92 valence electrons. The summed E-state index contributed by atoms with van der Waals surface area (Å²) in [6.07, 6.45) is 5.74. The van der Waals surface area contributed by atoms with Crippen molar-refractivity contribution in [3.63, 3.8) is 0 Å². The maximum absolute atomic E-state index is 11.9. The summed E-state index contributed by atoms with van der Waals surface area (Å²) in [4.78, 5) is 16.3. The Labute approximate surface area is 98.8 Å². The van der Waals surface area contributed by atoms with Crippen LogP contribution in [0, 0.1) is 5.92 Å². The molecule has 2 saturated heterocycles. The highest BCUT2D eigenvalue weighted by Crippen LogP contribution is 2.16. The van der Waals surface area contributed by atoms with Crippen LogP contribution in [0.15, 0.2) is 0 Å². The van der Waals surface area contributed by atoms with Gasteiger partial charge < -0.3 is 9.80 Å². The Bertz CT molecular complexity index is 228. The number of nitrogens with zero attached hydrogens (tertiary/aromatic N) is 2. The summed E-state index contributed by atoms with van der Waals surface area (Å²) in [6, 6.07) is 0. The molecule has 0 atom stereocenters. The van der Waals surface area contributed by atoms with Crippen molar-refractivity contribution in [1.82, 2.24) is 9.80 Å². The van der Waals surface area contributed by atoms with Crippen LogP contribution < -0.4 is 0 Å². The quantitative estimate of drug-likeness (QED) is 0.729. The van der Waals surface area contributed by atoms with Crippen LogP contribution in [0.3, 0.4) is 0 Å². The monoisotopic (exact) mass is 224 g/mol. The Kier molecular flexibility index (Phi) is 4.22. The van der Waals surface area contributed by atoms with E-state index in [-0.39, 0.29) is 0 Å². The highest BCUT2D eigenvalue weighted by Gasteiger charge is 2.20. The van der Waals surface area contributed by atoms with Crippen molar-refractivity contribution in [3.8, 4) is 0 Å². The summed E-state index contributed by atoms with van der Waals surface area (Å²) in [7, 11) is 0. The largest absolute Gasteiger partial charge is 0.343 e. The van der Waals surface area contributed by atoms with Crippen molar-refractivity contribution in [2.45, 2.75) is 39.0 Å². The molecule has 2 heterocycles. The number of hydrogen-bond acceptors (Lipinski definition) is 2. The van der Waals surface area contributed by atoms with Crippen molar-refractivity contribution in [1.29, 1.82) is 0 Å². The van der Waals surface area contributed by atoms with E-state index in [1.165, 1.54) is 38.8 Å². The standard InChI is InChI=1S/C13H24N2O/c1-12-4-9-14(10-5-12)11-6-13(16)15-7-2-3-8-15/h12H,2-11H2,1H3. The zero-order valence-corrected chi connectivity index (χ0v) is 10.5. The smallest absolute Gasteiger partial charge is 0.223 e. The van der Waals surface area contributed by atoms with Crippen molar-refractivity contribution < 1.29 is 4.79 Å². The summed E-state index contributed by atoms with van der Waals surface area (Å²) in [6.45, 7) is 7.67. The molecule has 16 heavy (non-hydrogen) atoms. The highest BCUT2D eigenvalue weighted by molar-refractivity contribution is 5.76. The second kappa shape index (κ2) is 5.67. The van der Waals surface area contributed by atoms with E-state index in [1.807, 2.05) is 4.90 Å². The third-order valence-electron chi connectivity index (χ3n) is 3.98. The topological polar surface area (TPSA) is 23.6 Å². The van der Waals surface area contributed by atoms with Gasteiger partial charge in [0.05, 0.1) is 0 Å². The Balaban J connectivity index is 1.65. The van der Waals surface area contributed by atoms with E-state index in [1.54, 1.807) is 0 Å². The molecule has 0 saturated carbocycles. The summed E-state index contributed by atoms with van der Waals surface area (Å²) in [5, 5.41) is 0. The van der Waals surface area contributed by atoms with Gasteiger partial charge in [-0.05, 0) is 44.7 Å². The maximum Gasteiger partial charge on any atom is 0.223 e. The zero-order chi connectivity index (χ0) is 11.4. The van der Waals surface area contributed by atoms with Gasteiger partial charge in [-0.1, -0.05) is 6.92 Å². The molecule has 2 aliphatic heterocycles. The molecule has 0 aliphatic carbocycles. The van der Waals surface area contributed by atoms with E-state index in [9.17, 15) is 4.79 Å². The molecule has 0 aromatic rings. The van der Waals surface area contributed by atoms with Gasteiger partial charge in [-0.3, -0.25) is 4.79 Å². The number of amides is 1. The predicted octanol–water partition coefficient (Wildman–Crippen LogP) is 1.73. The van der Waals surface area contributed by atoms with Crippen LogP contribution in [0.2, 0.25) is 0 Å². The summed E-state index contributed by atoms with van der Waals surface area (Å²) < 4.78 is 0. The molecule has 0 N–H and O–H groups in total. The van der Waals surface area contributed by atoms with Crippen molar-refractivity contribution in [2.75, 3.05) is 32.7 Å². The van der Waals surface area contributed by atoms with Gasteiger partial charge in [0.25, 0.3) is 0 Å². The van der Waals surface area contributed by atoms with Gasteiger partial charge in [0.15, 0.2) is 0 Å². The molecule has 0 aromatic heterocycles. The lowest BCUT2D eigenvalue weighted by atomic mass is 9.99. The number of carbonyl (C=O) groups is 1. The molecular formula is C13H24N2O. The molecule has 2 aliphatic rings. The lowest BCUT2D eigenvalue weighted by molar-refractivity contribution is -0.130. The van der Waals surface area contributed by atoms with Crippen LogP contribution in [0.1, 0.15) is 39.0 Å². The number of rotatable bonds is 3. The van der Waals surface area contributed by atoms with Crippen molar-refractivity contribution in [2.24, 2.45) is 5.92 Å². The van der Waals surface area contributed by atoms with Crippen LogP contribution in [-0.4, -0.2) is 48.4 Å². The normalized spacial score (nSPS) is 23.9. The van der Waals surface area contributed by atoms with Gasteiger partial charge in [-0.25, -0.2) is 0 Å². The number of carbonyl (C=O) groups excluding carboxylic acids is 1. The molecule has 0 unspecified atom stereocenters. The fraction of sp³-hybridized carbons (Fsp3) is 0.923. The summed E-state index contributed by atoms with van der Waals surface area (Å²) in [5.74, 6) is 1.25. The Morgan fingerprint density at radius 2 is 1.75 bits per heavy atom. The Morgan fingerprint density at radius 1 is 1.12 bits per heavy atom. The van der Waals surface area contributed by atoms with E-state index in [0.717, 1.165) is 32.0 Å². The van der Waals surface area contributed by atoms with Gasteiger partial charge in [0.2, 0.25) is 5.91 Å². The van der Waals surface area contributed by atoms with Crippen LogP contribution in [0.4, 0.5) is 0 Å². The van der Waals surface area contributed by atoms with Gasteiger partial charge in [-0.2, -0.15) is 0 Å². The van der Waals surface area contributed by atoms with Crippen molar-refractivity contribution in [3.05, 3.63) is 0 Å². The molecule has 2 rings (SSSR count). The minimum absolute atomic E-state index is 0.371. The lowest BCUT2D eigenvalue weighted by Crippen LogP contribution is -2.37. The third-order valence-corrected chi connectivity index (χ3v) is 3.98. The molecule has 2 fully saturated rings. The summed E-state index contributed by atoms with van der Waals surface area (Å²) >= 11 is 0. The molecule has 3 heteroatoms. The average Bonchev–Trinajstić information content (AvgIpc) is 2.81. The fourth-order valence-corrected chi connectivity index (χ4v) is 2.66. The third kappa shape index (κ3) is 3.21. The molecule has 0 spiro atoms.